The van der Waals surface area contributed by atoms with Crippen LogP contribution in [0.1, 0.15) is 29.6 Å². The second-order valence-corrected chi connectivity index (χ2v) is 6.08. The molecule has 108 valence electrons. The van der Waals surface area contributed by atoms with Gasteiger partial charge in [-0.15, -0.1) is 0 Å². The molecule has 20 heavy (non-hydrogen) atoms. The average Bonchev–Trinajstić information content (AvgIpc) is 2.91. The molecule has 3 rings (SSSR count). The number of piperidine rings is 1. The van der Waals surface area contributed by atoms with Crippen molar-refractivity contribution in [2.75, 3.05) is 38.5 Å². The second-order valence-electron chi connectivity index (χ2n) is 6.08. The van der Waals surface area contributed by atoms with Gasteiger partial charge >= 0.3 is 0 Å². The Morgan fingerprint density at radius 1 is 1.30 bits per heavy atom. The molecule has 0 radical (unpaired) electrons. The van der Waals surface area contributed by atoms with Crippen LogP contribution in [0.2, 0.25) is 0 Å². The number of nitrogens with one attached hydrogen (secondary N) is 2. The number of anilines is 1. The summed E-state index contributed by atoms with van der Waals surface area (Å²) < 4.78 is 0. The van der Waals surface area contributed by atoms with Gasteiger partial charge in [-0.05, 0) is 50.1 Å². The van der Waals surface area contributed by atoms with Gasteiger partial charge in [0, 0.05) is 43.3 Å². The number of rotatable bonds is 2. The van der Waals surface area contributed by atoms with Gasteiger partial charge in [-0.25, -0.2) is 0 Å². The van der Waals surface area contributed by atoms with E-state index in [2.05, 4.69) is 10.6 Å². The minimum atomic E-state index is 0.176. The molecular formula is C16H23N3O. The lowest BCUT2D eigenvalue weighted by molar-refractivity contribution is 0.0764. The third-order valence-corrected chi connectivity index (χ3v) is 4.71. The van der Waals surface area contributed by atoms with Crippen LogP contribution in [0, 0.1) is 5.41 Å². The zero-order valence-electron chi connectivity index (χ0n) is 12.1. The summed E-state index contributed by atoms with van der Waals surface area (Å²) in [5.74, 6) is 0.176. The third kappa shape index (κ3) is 2.52. The fourth-order valence-electron chi connectivity index (χ4n) is 3.45. The van der Waals surface area contributed by atoms with E-state index in [1.807, 2.05) is 36.2 Å². The molecular weight excluding hydrogens is 250 g/mol. The summed E-state index contributed by atoms with van der Waals surface area (Å²) in [7, 11) is 1.89. The molecule has 0 aliphatic carbocycles. The van der Waals surface area contributed by atoms with Crippen molar-refractivity contribution in [2.45, 2.75) is 19.3 Å². The van der Waals surface area contributed by atoms with Gasteiger partial charge in [0.1, 0.15) is 0 Å². The smallest absolute Gasteiger partial charge is 0.253 e. The van der Waals surface area contributed by atoms with Crippen molar-refractivity contribution in [1.29, 1.82) is 0 Å². The largest absolute Gasteiger partial charge is 0.388 e. The monoisotopic (exact) mass is 273 g/mol. The molecule has 2 heterocycles. The van der Waals surface area contributed by atoms with Crippen LogP contribution in [0.4, 0.5) is 5.69 Å². The summed E-state index contributed by atoms with van der Waals surface area (Å²) in [6.45, 7) is 4.00. The number of hydrogen-bond acceptors (Lipinski definition) is 3. The lowest BCUT2D eigenvalue weighted by atomic mass is 9.80. The maximum absolute atomic E-state index is 12.6. The third-order valence-electron chi connectivity index (χ3n) is 4.71. The van der Waals surface area contributed by atoms with Crippen LogP contribution in [0.5, 0.6) is 0 Å². The van der Waals surface area contributed by atoms with Crippen molar-refractivity contribution in [1.82, 2.24) is 10.2 Å². The van der Waals surface area contributed by atoms with Gasteiger partial charge in [0.05, 0.1) is 0 Å². The molecule has 1 atom stereocenters. The molecule has 2 fully saturated rings. The molecule has 1 aromatic rings. The van der Waals surface area contributed by atoms with Crippen molar-refractivity contribution in [3.05, 3.63) is 29.8 Å². The van der Waals surface area contributed by atoms with Crippen LogP contribution in [-0.2, 0) is 0 Å². The number of amides is 1. The Morgan fingerprint density at radius 2 is 2.10 bits per heavy atom. The molecule has 0 saturated carbocycles. The van der Waals surface area contributed by atoms with E-state index in [0.29, 0.717) is 5.41 Å². The minimum absolute atomic E-state index is 0.176. The first kappa shape index (κ1) is 13.4. The summed E-state index contributed by atoms with van der Waals surface area (Å²) in [5, 5.41) is 6.56. The van der Waals surface area contributed by atoms with Gasteiger partial charge in [-0.3, -0.25) is 4.79 Å². The lowest BCUT2D eigenvalue weighted by Gasteiger charge is -2.33. The minimum Gasteiger partial charge on any atom is -0.388 e. The molecule has 0 unspecified atom stereocenters. The Kier molecular flexibility index (Phi) is 3.66. The number of carbonyl (C=O) groups excluding carboxylic acids is 1. The van der Waals surface area contributed by atoms with Gasteiger partial charge < -0.3 is 15.5 Å². The summed E-state index contributed by atoms with van der Waals surface area (Å²) in [6, 6.07) is 7.75. The van der Waals surface area contributed by atoms with Crippen LogP contribution in [-0.4, -0.2) is 44.0 Å². The molecule has 2 N–H and O–H groups in total. The highest BCUT2D eigenvalue weighted by Crippen LogP contribution is 2.36. The van der Waals surface area contributed by atoms with Gasteiger partial charge in [0.2, 0.25) is 0 Å². The standard InChI is InChI=1S/C16H23N3O/c1-17-14-5-3-13(4-6-14)15(20)19-10-8-16(12-19)7-2-9-18-11-16/h3-6,17-18H,2,7-12H2,1H3/t16-/m0/s1. The van der Waals surface area contributed by atoms with E-state index < -0.39 is 0 Å². The summed E-state index contributed by atoms with van der Waals surface area (Å²) in [6.07, 6.45) is 3.63. The van der Waals surface area contributed by atoms with Crippen molar-refractivity contribution in [2.24, 2.45) is 5.41 Å². The number of hydrogen-bond donors (Lipinski definition) is 2. The maximum atomic E-state index is 12.6. The highest BCUT2D eigenvalue weighted by atomic mass is 16.2. The van der Waals surface area contributed by atoms with E-state index in [1.165, 1.54) is 12.8 Å². The van der Waals surface area contributed by atoms with Crippen LogP contribution in [0.25, 0.3) is 0 Å². The molecule has 2 saturated heterocycles. The number of carbonyl (C=O) groups is 1. The van der Waals surface area contributed by atoms with Crippen molar-refractivity contribution in [3.8, 4) is 0 Å². The van der Waals surface area contributed by atoms with Gasteiger partial charge in [0.25, 0.3) is 5.91 Å². The fourth-order valence-corrected chi connectivity index (χ4v) is 3.45. The number of benzene rings is 1. The zero-order valence-corrected chi connectivity index (χ0v) is 12.1. The van der Waals surface area contributed by atoms with Crippen molar-refractivity contribution in [3.63, 3.8) is 0 Å². The van der Waals surface area contributed by atoms with E-state index in [0.717, 1.165) is 43.9 Å². The molecule has 2 aliphatic heterocycles. The molecule has 1 aromatic carbocycles. The van der Waals surface area contributed by atoms with Crippen molar-refractivity contribution >= 4 is 11.6 Å². The predicted octanol–water partition coefficient (Wildman–Crippen LogP) is 1.94. The van der Waals surface area contributed by atoms with Crippen LogP contribution < -0.4 is 10.6 Å². The fraction of sp³-hybridized carbons (Fsp3) is 0.562. The average molecular weight is 273 g/mol. The summed E-state index contributed by atoms with van der Waals surface area (Å²) >= 11 is 0. The van der Waals surface area contributed by atoms with Crippen LogP contribution in [0.3, 0.4) is 0 Å². The quantitative estimate of drug-likeness (QED) is 0.865. The first-order valence-electron chi connectivity index (χ1n) is 7.50. The van der Waals surface area contributed by atoms with E-state index >= 15 is 0 Å². The van der Waals surface area contributed by atoms with E-state index in [1.54, 1.807) is 0 Å². The molecule has 0 aromatic heterocycles. The molecule has 1 spiro atoms. The SMILES string of the molecule is CNc1ccc(C(=O)N2CC[C@]3(CCCNC3)C2)cc1. The van der Waals surface area contributed by atoms with E-state index in [9.17, 15) is 4.79 Å². The normalized spacial score (nSPS) is 25.9. The molecule has 0 bridgehead atoms. The topological polar surface area (TPSA) is 44.4 Å². The van der Waals surface area contributed by atoms with E-state index in [-0.39, 0.29) is 5.91 Å². The van der Waals surface area contributed by atoms with Gasteiger partial charge in [-0.2, -0.15) is 0 Å². The first-order chi connectivity index (χ1) is 9.72. The molecule has 2 aliphatic rings. The molecule has 4 nitrogen and oxygen atoms in total. The number of likely N-dealkylation sites (tertiary alicyclic amines) is 1. The second kappa shape index (κ2) is 5.44. The highest BCUT2D eigenvalue weighted by Gasteiger charge is 2.40. The Balaban J connectivity index is 1.68. The maximum Gasteiger partial charge on any atom is 0.253 e. The van der Waals surface area contributed by atoms with Gasteiger partial charge in [-0.1, -0.05) is 0 Å². The Bertz CT molecular complexity index is 477. The van der Waals surface area contributed by atoms with Crippen LogP contribution in [0.15, 0.2) is 24.3 Å². The predicted molar refractivity (Wildman–Crippen MR) is 81.0 cm³/mol. The highest BCUT2D eigenvalue weighted by molar-refractivity contribution is 5.94. The summed E-state index contributed by atoms with van der Waals surface area (Å²) in [5.41, 5.74) is 2.17. The van der Waals surface area contributed by atoms with Gasteiger partial charge in [0.15, 0.2) is 0 Å². The Hall–Kier alpha value is -1.55. The zero-order chi connectivity index (χ0) is 14.0. The summed E-state index contributed by atoms with van der Waals surface area (Å²) in [4.78, 5) is 14.6. The first-order valence-corrected chi connectivity index (χ1v) is 7.50. The molecule has 4 heteroatoms. The van der Waals surface area contributed by atoms with Crippen molar-refractivity contribution < 1.29 is 4.79 Å². The Morgan fingerprint density at radius 3 is 2.75 bits per heavy atom. The molecule has 1 amide bonds. The lowest BCUT2D eigenvalue weighted by Crippen LogP contribution is -2.42. The van der Waals surface area contributed by atoms with E-state index in [4.69, 9.17) is 0 Å². The number of nitrogens with zero attached hydrogens (tertiary/aromatic N) is 1. The Labute approximate surface area is 120 Å². The van der Waals surface area contributed by atoms with Crippen LogP contribution >= 0.6 is 0 Å².